The van der Waals surface area contributed by atoms with Crippen molar-refractivity contribution in [2.75, 3.05) is 24.8 Å². The Morgan fingerprint density at radius 2 is 1.59 bits per heavy atom. The zero-order chi connectivity index (χ0) is 13.9. The molecule has 0 aliphatic heterocycles. The van der Waals surface area contributed by atoms with Crippen LogP contribution in [0.5, 0.6) is 0 Å². The van der Waals surface area contributed by atoms with Crippen molar-refractivity contribution in [3.63, 3.8) is 0 Å². The average Bonchev–Trinajstić information content (AvgIpc) is 2.13. The van der Waals surface area contributed by atoms with Gasteiger partial charge in [0.05, 0.1) is 11.5 Å². The van der Waals surface area contributed by atoms with Gasteiger partial charge >= 0.3 is 0 Å². The molecule has 17 heavy (non-hydrogen) atoms. The Morgan fingerprint density at radius 3 is 1.94 bits per heavy atom. The first-order valence-corrected chi connectivity index (χ1v) is 9.56. The lowest BCUT2D eigenvalue weighted by Gasteiger charge is -2.14. The molecular formula is C6H10Cl3NO4S3. The van der Waals surface area contributed by atoms with Gasteiger partial charge in [0.1, 0.15) is 18.7 Å². The summed E-state index contributed by atoms with van der Waals surface area (Å²) in [4.78, 5) is 0. The lowest BCUT2D eigenvalue weighted by molar-refractivity contribution is 0.564. The Hall–Kier alpha value is 0.820. The zero-order valence-electron chi connectivity index (χ0n) is 8.85. The number of hydrogen-bond acceptors (Lipinski definition) is 5. The van der Waals surface area contributed by atoms with E-state index in [9.17, 15) is 16.8 Å². The molecule has 0 amide bonds. The third-order valence-corrected chi connectivity index (χ3v) is 6.89. The molecule has 0 aromatic carbocycles. The van der Waals surface area contributed by atoms with Crippen LogP contribution in [0.3, 0.4) is 0 Å². The maximum absolute atomic E-state index is 11.6. The molecule has 0 saturated carbocycles. The van der Waals surface area contributed by atoms with Crippen LogP contribution in [-0.4, -0.2) is 45.4 Å². The zero-order valence-corrected chi connectivity index (χ0v) is 13.6. The van der Waals surface area contributed by atoms with Crippen molar-refractivity contribution in [1.29, 1.82) is 0 Å². The van der Waals surface area contributed by atoms with E-state index in [0.717, 1.165) is 9.97 Å². The molecule has 0 aliphatic rings. The summed E-state index contributed by atoms with van der Waals surface area (Å²) >= 11 is 16.9. The first-order valence-electron chi connectivity index (χ1n) is 3.99. The molecule has 0 aromatic heterocycles. The Bertz CT molecular complexity index is 495. The summed E-state index contributed by atoms with van der Waals surface area (Å²) in [5, 5.41) is 0. The van der Waals surface area contributed by atoms with Crippen LogP contribution in [0, 0.1) is 0 Å². The third-order valence-electron chi connectivity index (χ3n) is 1.46. The fourth-order valence-corrected chi connectivity index (χ4v) is 4.74. The van der Waals surface area contributed by atoms with Crippen molar-refractivity contribution in [3.05, 3.63) is 8.86 Å². The molecule has 0 aromatic rings. The van der Waals surface area contributed by atoms with E-state index < -0.39 is 31.4 Å². The van der Waals surface area contributed by atoms with Gasteiger partial charge in [-0.15, -0.1) is 3.71 Å². The predicted octanol–water partition coefficient (Wildman–Crippen LogP) is 1.78. The average molecular weight is 363 g/mol. The second kappa shape index (κ2) is 6.83. The van der Waals surface area contributed by atoms with Gasteiger partial charge in [0.25, 0.3) is 0 Å². The summed E-state index contributed by atoms with van der Waals surface area (Å²) in [6.45, 7) is 0. The first-order chi connectivity index (χ1) is 7.46. The summed E-state index contributed by atoms with van der Waals surface area (Å²) < 4.78 is 45.4. The van der Waals surface area contributed by atoms with Crippen LogP contribution in [0.15, 0.2) is 8.86 Å². The summed E-state index contributed by atoms with van der Waals surface area (Å²) in [7, 11) is -5.87. The lowest BCUT2D eigenvalue weighted by atomic mass is 11.0. The van der Waals surface area contributed by atoms with E-state index in [2.05, 4.69) is 0 Å². The number of halogens is 3. The summed E-state index contributed by atoms with van der Waals surface area (Å²) in [5.41, 5.74) is 0. The van der Waals surface area contributed by atoms with Crippen LogP contribution in [0.1, 0.15) is 0 Å². The molecule has 0 rings (SSSR count). The van der Waals surface area contributed by atoms with E-state index >= 15 is 0 Å². The van der Waals surface area contributed by atoms with Crippen molar-refractivity contribution in [2.24, 2.45) is 0 Å². The molecule has 0 atom stereocenters. The minimum Gasteiger partial charge on any atom is -0.229 e. The monoisotopic (exact) mass is 361 g/mol. The molecule has 0 saturated heterocycles. The van der Waals surface area contributed by atoms with Crippen LogP contribution in [0.25, 0.3) is 0 Å². The molecule has 11 heteroatoms. The van der Waals surface area contributed by atoms with Crippen molar-refractivity contribution >= 4 is 66.6 Å². The molecule has 5 nitrogen and oxygen atoms in total. The van der Waals surface area contributed by atoms with Crippen LogP contribution < -0.4 is 0 Å². The minimum absolute atomic E-state index is 0.112. The molecular weight excluding hydrogens is 353 g/mol. The highest BCUT2D eigenvalue weighted by Gasteiger charge is 2.22. The number of sulfone groups is 1. The number of sulfonamides is 1. The molecule has 0 heterocycles. The Kier molecular flexibility index (Phi) is 7.16. The molecule has 0 unspecified atom stereocenters. The number of nitrogens with zero attached hydrogens (tertiary/aromatic N) is 1. The van der Waals surface area contributed by atoms with Crippen LogP contribution in [0.4, 0.5) is 0 Å². The molecule has 0 radical (unpaired) electrons. The third kappa shape index (κ3) is 7.76. The fourth-order valence-electron chi connectivity index (χ4n) is 0.589. The maximum Gasteiger partial charge on any atom is 0.224 e. The summed E-state index contributed by atoms with van der Waals surface area (Å²) in [5.74, 6) is -0.990. The van der Waals surface area contributed by atoms with Gasteiger partial charge in [-0.25, -0.2) is 16.8 Å². The van der Waals surface area contributed by atoms with Crippen molar-refractivity contribution in [1.82, 2.24) is 3.71 Å². The first kappa shape index (κ1) is 17.8. The Balaban J connectivity index is 4.69. The topological polar surface area (TPSA) is 71.5 Å². The van der Waals surface area contributed by atoms with Gasteiger partial charge in [-0.1, -0.05) is 34.8 Å². The summed E-state index contributed by atoms with van der Waals surface area (Å²) in [6, 6.07) is 0. The predicted molar refractivity (Wildman–Crippen MR) is 73.4 cm³/mol. The SMILES string of the molecule is CN(SC(Cl)=C(Cl)Cl)S(=O)(=O)CCS(C)(=O)=O. The molecule has 0 fully saturated rings. The van der Waals surface area contributed by atoms with E-state index in [4.69, 9.17) is 34.8 Å². The van der Waals surface area contributed by atoms with Gasteiger partial charge < -0.3 is 0 Å². The Labute approximate surface area is 120 Å². The maximum atomic E-state index is 11.6. The van der Waals surface area contributed by atoms with Gasteiger partial charge in [-0.2, -0.15) is 0 Å². The normalized spacial score (nSPS) is 12.8. The highest BCUT2D eigenvalue weighted by Crippen LogP contribution is 2.32. The molecule has 0 spiro atoms. The molecule has 0 bridgehead atoms. The largest absolute Gasteiger partial charge is 0.229 e. The van der Waals surface area contributed by atoms with Gasteiger partial charge in [-0.3, -0.25) is 0 Å². The number of hydrogen-bond donors (Lipinski definition) is 0. The minimum atomic E-state index is -3.74. The van der Waals surface area contributed by atoms with E-state index in [1.54, 1.807) is 0 Å². The van der Waals surface area contributed by atoms with Crippen LogP contribution in [-0.2, 0) is 19.9 Å². The quantitative estimate of drug-likeness (QED) is 0.674. The lowest BCUT2D eigenvalue weighted by Crippen LogP contribution is -2.27. The van der Waals surface area contributed by atoms with E-state index in [0.29, 0.717) is 11.9 Å². The van der Waals surface area contributed by atoms with Crippen molar-refractivity contribution < 1.29 is 16.8 Å². The van der Waals surface area contributed by atoms with Crippen molar-refractivity contribution in [2.45, 2.75) is 0 Å². The second-order valence-corrected chi connectivity index (χ2v) is 10.3. The fraction of sp³-hybridized carbons (Fsp3) is 0.667. The van der Waals surface area contributed by atoms with Gasteiger partial charge in [0.2, 0.25) is 10.0 Å². The Morgan fingerprint density at radius 1 is 1.12 bits per heavy atom. The second-order valence-electron chi connectivity index (χ2n) is 2.98. The highest BCUT2D eigenvalue weighted by molar-refractivity contribution is 8.12. The van der Waals surface area contributed by atoms with E-state index in [-0.39, 0.29) is 8.86 Å². The van der Waals surface area contributed by atoms with E-state index in [1.165, 1.54) is 7.05 Å². The standard InChI is InChI=1S/C6H10Cl3NO4S3/c1-10(15-6(9)5(7)8)17(13,14)4-3-16(2,11)12/h3-4H2,1-2H3. The summed E-state index contributed by atoms with van der Waals surface area (Å²) in [6.07, 6.45) is 0.957. The number of rotatable bonds is 6. The molecule has 0 N–H and O–H groups in total. The smallest absolute Gasteiger partial charge is 0.224 e. The highest BCUT2D eigenvalue weighted by atomic mass is 35.5. The van der Waals surface area contributed by atoms with Gasteiger partial charge in [0.15, 0.2) is 0 Å². The van der Waals surface area contributed by atoms with Crippen LogP contribution >= 0.6 is 46.8 Å². The van der Waals surface area contributed by atoms with Gasteiger partial charge in [0, 0.05) is 13.3 Å². The van der Waals surface area contributed by atoms with Crippen molar-refractivity contribution in [3.8, 4) is 0 Å². The molecule has 0 aliphatic carbocycles. The van der Waals surface area contributed by atoms with E-state index in [1.807, 2.05) is 0 Å². The van der Waals surface area contributed by atoms with Gasteiger partial charge in [-0.05, 0) is 11.9 Å². The van der Waals surface area contributed by atoms with Crippen LogP contribution in [0.2, 0.25) is 0 Å². The molecule has 102 valence electrons.